The molecule has 0 radical (unpaired) electrons. The fourth-order valence-corrected chi connectivity index (χ4v) is 2.86. The minimum absolute atomic E-state index is 0.0627. The lowest BCUT2D eigenvalue weighted by molar-refractivity contribution is -0.385. The summed E-state index contributed by atoms with van der Waals surface area (Å²) in [5.41, 5.74) is 2.49. The third-order valence-electron chi connectivity index (χ3n) is 4.42. The van der Waals surface area contributed by atoms with Crippen molar-refractivity contribution in [3.05, 3.63) is 115 Å². The molecule has 0 heterocycles. The summed E-state index contributed by atoms with van der Waals surface area (Å²) in [5, 5.41) is 26.4. The monoisotopic (exact) mass is 494 g/mol. The molecule has 0 atom stereocenters. The number of carbonyl (C=O) groups is 2. The number of hydrogen-bond donors (Lipinski definition) is 1. The Morgan fingerprint density at radius 2 is 1.63 bits per heavy atom. The first-order valence-corrected chi connectivity index (χ1v) is 10.1. The molecule has 0 aromatic heterocycles. The summed E-state index contributed by atoms with van der Waals surface area (Å²) in [6.07, 6.45) is 3.45. The van der Waals surface area contributed by atoms with Gasteiger partial charge in [-0.2, -0.15) is 5.10 Å². The Kier molecular flexibility index (Phi) is 7.98. The predicted octanol–water partition coefficient (Wildman–Crippen LogP) is 4.54. The second-order valence-corrected chi connectivity index (χ2v) is 7.20. The van der Waals surface area contributed by atoms with Crippen molar-refractivity contribution in [2.75, 3.05) is 0 Å². The van der Waals surface area contributed by atoms with Gasteiger partial charge >= 0.3 is 11.7 Å². The van der Waals surface area contributed by atoms with Crippen LogP contribution in [0.5, 0.6) is 5.75 Å². The number of nitrogens with zero attached hydrogens (tertiary/aromatic N) is 3. The van der Waals surface area contributed by atoms with Gasteiger partial charge in [-0.1, -0.05) is 17.7 Å². The molecule has 11 nitrogen and oxygen atoms in total. The Hall–Kier alpha value is -4.90. The molecule has 0 spiro atoms. The maximum absolute atomic E-state index is 12.3. The summed E-state index contributed by atoms with van der Waals surface area (Å²) in [4.78, 5) is 45.3. The molecule has 1 amide bonds. The summed E-state index contributed by atoms with van der Waals surface area (Å²) in [6.45, 7) is 0. The van der Waals surface area contributed by atoms with Crippen LogP contribution in [-0.2, 0) is 4.79 Å². The van der Waals surface area contributed by atoms with Crippen molar-refractivity contribution in [1.29, 1.82) is 0 Å². The summed E-state index contributed by atoms with van der Waals surface area (Å²) in [5.74, 6) is -1.86. The molecule has 1 N–H and O–H groups in total. The molecule has 3 aromatic carbocycles. The van der Waals surface area contributed by atoms with Gasteiger partial charge in [-0.05, 0) is 54.1 Å². The van der Waals surface area contributed by atoms with Gasteiger partial charge in [0.25, 0.3) is 11.6 Å². The Labute approximate surface area is 202 Å². The van der Waals surface area contributed by atoms with Crippen LogP contribution in [0.4, 0.5) is 11.4 Å². The molecule has 0 bridgehead atoms. The first-order chi connectivity index (χ1) is 16.7. The van der Waals surface area contributed by atoms with E-state index in [0.29, 0.717) is 10.6 Å². The number of nitrogens with one attached hydrogen (secondary N) is 1. The third kappa shape index (κ3) is 6.79. The fraction of sp³-hybridized carbons (Fsp3) is 0. The van der Waals surface area contributed by atoms with Crippen LogP contribution >= 0.6 is 11.6 Å². The van der Waals surface area contributed by atoms with Gasteiger partial charge in [-0.15, -0.1) is 0 Å². The number of esters is 1. The van der Waals surface area contributed by atoms with E-state index in [2.05, 4.69) is 10.5 Å². The van der Waals surface area contributed by atoms with E-state index in [0.717, 1.165) is 18.4 Å². The molecule has 0 aliphatic rings. The van der Waals surface area contributed by atoms with Gasteiger partial charge in [0.15, 0.2) is 0 Å². The average Bonchev–Trinajstić information content (AvgIpc) is 2.84. The number of ether oxygens (including phenoxy) is 1. The highest BCUT2D eigenvalue weighted by Gasteiger charge is 2.20. The Balaban J connectivity index is 1.76. The number of amides is 1. The summed E-state index contributed by atoms with van der Waals surface area (Å²) >= 11 is 5.79. The zero-order valence-electron chi connectivity index (χ0n) is 17.7. The van der Waals surface area contributed by atoms with E-state index < -0.39 is 27.4 Å². The van der Waals surface area contributed by atoms with Gasteiger partial charge in [0.05, 0.1) is 16.1 Å². The van der Waals surface area contributed by atoms with Gasteiger partial charge in [-0.3, -0.25) is 25.0 Å². The molecule has 0 unspecified atom stereocenters. The van der Waals surface area contributed by atoms with E-state index in [1.807, 2.05) is 0 Å². The summed E-state index contributed by atoms with van der Waals surface area (Å²) in [7, 11) is 0. The molecule has 0 saturated carbocycles. The average molecular weight is 495 g/mol. The van der Waals surface area contributed by atoms with E-state index in [4.69, 9.17) is 16.3 Å². The lowest BCUT2D eigenvalue weighted by Gasteiger charge is -2.06. The van der Waals surface area contributed by atoms with Crippen LogP contribution in [0.2, 0.25) is 5.02 Å². The summed E-state index contributed by atoms with van der Waals surface area (Å²) in [6, 6.07) is 15.3. The minimum Gasteiger partial charge on any atom is -0.415 e. The van der Waals surface area contributed by atoms with Gasteiger partial charge in [-0.25, -0.2) is 10.2 Å². The van der Waals surface area contributed by atoms with Crippen molar-refractivity contribution in [3.63, 3.8) is 0 Å². The maximum atomic E-state index is 12.3. The molecule has 12 heteroatoms. The van der Waals surface area contributed by atoms with Crippen LogP contribution in [0.1, 0.15) is 21.5 Å². The van der Waals surface area contributed by atoms with Crippen LogP contribution in [0.25, 0.3) is 6.08 Å². The predicted molar refractivity (Wildman–Crippen MR) is 127 cm³/mol. The van der Waals surface area contributed by atoms with Crippen LogP contribution in [-0.4, -0.2) is 27.9 Å². The number of hydrogen-bond acceptors (Lipinski definition) is 8. The smallest absolute Gasteiger partial charge is 0.336 e. The van der Waals surface area contributed by atoms with Crippen molar-refractivity contribution >= 4 is 47.1 Å². The zero-order chi connectivity index (χ0) is 25.4. The van der Waals surface area contributed by atoms with Gasteiger partial charge in [0.2, 0.25) is 5.75 Å². The van der Waals surface area contributed by atoms with E-state index in [1.165, 1.54) is 66.7 Å². The number of non-ortho nitro benzene ring substituents is 1. The first kappa shape index (κ1) is 24.7. The topological polar surface area (TPSA) is 154 Å². The highest BCUT2D eigenvalue weighted by atomic mass is 35.5. The molecule has 0 aliphatic carbocycles. The molecule has 0 fully saturated rings. The standard InChI is InChI=1S/C23H15ClN4O7/c24-18-9-7-16(8-10-18)23(30)26-25-14-17-2-1-3-20(28(33)34)22(17)35-21(29)13-6-15-4-11-19(12-5-15)27(31)32/h1-14H,(H,26,30)/b13-6+,25-14+. The molecule has 0 saturated heterocycles. The number of carbonyl (C=O) groups excluding carboxylic acids is 2. The van der Waals surface area contributed by atoms with E-state index in [1.54, 1.807) is 0 Å². The molecule has 0 aliphatic heterocycles. The quantitative estimate of drug-likeness (QED) is 0.120. The third-order valence-corrected chi connectivity index (χ3v) is 4.67. The highest BCUT2D eigenvalue weighted by Crippen LogP contribution is 2.30. The van der Waals surface area contributed by atoms with Crippen LogP contribution in [0.15, 0.2) is 77.9 Å². The number of nitro benzene ring substituents is 2. The normalized spacial score (nSPS) is 10.9. The minimum atomic E-state index is -0.933. The molecule has 176 valence electrons. The SMILES string of the molecule is O=C(/C=C/c1ccc([N+](=O)[O-])cc1)Oc1c(/C=N/NC(=O)c2ccc(Cl)cc2)cccc1[N+](=O)[O-]. The van der Waals surface area contributed by atoms with E-state index in [9.17, 15) is 29.8 Å². The Morgan fingerprint density at radius 1 is 0.943 bits per heavy atom. The molecule has 35 heavy (non-hydrogen) atoms. The lowest BCUT2D eigenvalue weighted by Crippen LogP contribution is -2.17. The van der Waals surface area contributed by atoms with E-state index in [-0.39, 0.29) is 22.6 Å². The second-order valence-electron chi connectivity index (χ2n) is 6.76. The van der Waals surface area contributed by atoms with Crippen molar-refractivity contribution in [2.24, 2.45) is 5.10 Å². The van der Waals surface area contributed by atoms with Crippen LogP contribution in [0, 0.1) is 20.2 Å². The van der Waals surface area contributed by atoms with Gasteiger partial charge < -0.3 is 4.74 Å². The van der Waals surface area contributed by atoms with Crippen molar-refractivity contribution < 1.29 is 24.2 Å². The van der Waals surface area contributed by atoms with Crippen molar-refractivity contribution in [3.8, 4) is 5.75 Å². The number of hydrazone groups is 1. The highest BCUT2D eigenvalue weighted by molar-refractivity contribution is 6.30. The molecular weight excluding hydrogens is 480 g/mol. The first-order valence-electron chi connectivity index (χ1n) is 9.75. The van der Waals surface area contributed by atoms with Crippen molar-refractivity contribution in [1.82, 2.24) is 5.43 Å². The zero-order valence-corrected chi connectivity index (χ0v) is 18.4. The maximum Gasteiger partial charge on any atom is 0.336 e. The second kappa shape index (κ2) is 11.3. The lowest BCUT2D eigenvalue weighted by atomic mass is 10.2. The number of nitro groups is 2. The Morgan fingerprint density at radius 3 is 2.26 bits per heavy atom. The Bertz CT molecular complexity index is 1340. The molecular formula is C23H15ClN4O7. The van der Waals surface area contributed by atoms with Gasteiger partial charge in [0.1, 0.15) is 0 Å². The number of rotatable bonds is 8. The van der Waals surface area contributed by atoms with Crippen molar-refractivity contribution in [2.45, 2.75) is 0 Å². The van der Waals surface area contributed by atoms with E-state index >= 15 is 0 Å². The van der Waals surface area contributed by atoms with Crippen LogP contribution in [0.3, 0.4) is 0 Å². The number of benzene rings is 3. The number of halogens is 1. The van der Waals surface area contributed by atoms with Crippen LogP contribution < -0.4 is 10.2 Å². The molecule has 3 aromatic rings. The number of para-hydroxylation sites is 1. The molecule has 3 rings (SSSR count). The largest absolute Gasteiger partial charge is 0.415 e. The van der Waals surface area contributed by atoms with Gasteiger partial charge in [0, 0.05) is 40.4 Å². The summed E-state index contributed by atoms with van der Waals surface area (Å²) < 4.78 is 5.18. The fourth-order valence-electron chi connectivity index (χ4n) is 2.73.